The van der Waals surface area contributed by atoms with Crippen LogP contribution in [0.3, 0.4) is 0 Å². The van der Waals surface area contributed by atoms with Crippen molar-refractivity contribution >= 4 is 33.8 Å². The van der Waals surface area contributed by atoms with Crippen molar-refractivity contribution in [2.24, 2.45) is 0 Å². The molecule has 0 radical (unpaired) electrons. The Bertz CT molecular complexity index is 945. The van der Waals surface area contributed by atoms with E-state index in [1.54, 1.807) is 19.1 Å². The maximum absolute atomic E-state index is 13.6. The highest BCUT2D eigenvalue weighted by molar-refractivity contribution is 8.14. The maximum atomic E-state index is 13.6. The summed E-state index contributed by atoms with van der Waals surface area (Å²) in [6.07, 6.45) is -4.58. The molecule has 0 fully saturated rings. The van der Waals surface area contributed by atoms with Crippen molar-refractivity contribution in [1.82, 2.24) is 0 Å². The third-order valence-electron chi connectivity index (χ3n) is 3.58. The van der Waals surface area contributed by atoms with Gasteiger partial charge in [-0.15, -0.1) is 0 Å². The predicted octanol–water partition coefficient (Wildman–Crippen LogP) is 6.76. The van der Waals surface area contributed by atoms with Gasteiger partial charge >= 0.3 is 6.18 Å². The Morgan fingerprint density at radius 2 is 1.29 bits per heavy atom. The molecule has 0 aliphatic heterocycles. The largest absolute Gasteiger partial charge is 0.417 e. The molecule has 2 aromatic rings. The van der Waals surface area contributed by atoms with E-state index < -0.39 is 11.7 Å². The van der Waals surface area contributed by atoms with E-state index in [-0.39, 0.29) is 26.3 Å². The molecule has 146 valence electrons. The van der Waals surface area contributed by atoms with Gasteiger partial charge in [0.15, 0.2) is 0 Å². The maximum Gasteiger partial charge on any atom is 0.417 e. The van der Waals surface area contributed by atoms with Gasteiger partial charge in [-0.2, -0.15) is 13.2 Å². The Morgan fingerprint density at radius 1 is 0.821 bits per heavy atom. The van der Waals surface area contributed by atoms with E-state index in [0.717, 1.165) is 17.8 Å². The van der Waals surface area contributed by atoms with Crippen molar-refractivity contribution < 1.29 is 22.8 Å². The number of benzene rings is 2. The van der Waals surface area contributed by atoms with E-state index in [2.05, 4.69) is 13.2 Å². The van der Waals surface area contributed by atoms with Crippen molar-refractivity contribution in [2.75, 3.05) is 0 Å². The smallest absolute Gasteiger partial charge is 0.282 e. The second-order valence-electron chi connectivity index (χ2n) is 6.07. The Balaban J connectivity index is 2.39. The Labute approximate surface area is 169 Å². The van der Waals surface area contributed by atoms with Gasteiger partial charge in [-0.1, -0.05) is 31.4 Å². The number of carbonyl (C=O) groups excluding carboxylic acids is 2. The minimum Gasteiger partial charge on any atom is -0.282 e. The van der Waals surface area contributed by atoms with Gasteiger partial charge in [-0.05, 0) is 83.9 Å². The summed E-state index contributed by atoms with van der Waals surface area (Å²) < 4.78 is 40.7. The zero-order chi connectivity index (χ0) is 21.1. The molecule has 0 spiro atoms. The first-order valence-corrected chi connectivity index (χ1v) is 9.69. The van der Waals surface area contributed by atoms with E-state index in [0.29, 0.717) is 27.8 Å². The SMILES string of the molecule is C=C(C)C(=O)Sc1ccc(-c2ccc(SC(=O)C(=C)C)cc2C(F)(F)F)cc1. The number of alkyl halides is 3. The third-order valence-corrected chi connectivity index (χ3v) is 5.64. The first kappa shape index (κ1) is 22.0. The van der Waals surface area contributed by atoms with Crippen molar-refractivity contribution in [3.63, 3.8) is 0 Å². The summed E-state index contributed by atoms with van der Waals surface area (Å²) in [7, 11) is 0. The fraction of sp³-hybridized carbons (Fsp3) is 0.143. The molecule has 2 rings (SSSR count). The Kier molecular flexibility index (Phi) is 6.96. The molecule has 0 saturated heterocycles. The summed E-state index contributed by atoms with van der Waals surface area (Å²) in [4.78, 5) is 24.3. The summed E-state index contributed by atoms with van der Waals surface area (Å²) >= 11 is 1.68. The molecule has 28 heavy (non-hydrogen) atoms. The van der Waals surface area contributed by atoms with Gasteiger partial charge in [-0.25, -0.2) is 0 Å². The van der Waals surface area contributed by atoms with Crippen LogP contribution in [0.1, 0.15) is 19.4 Å². The lowest BCUT2D eigenvalue weighted by atomic mass is 9.99. The first-order chi connectivity index (χ1) is 13.0. The van der Waals surface area contributed by atoms with Crippen LogP contribution >= 0.6 is 23.5 Å². The molecule has 0 N–H and O–H groups in total. The van der Waals surface area contributed by atoms with E-state index in [1.807, 2.05) is 0 Å². The normalized spacial score (nSPS) is 11.2. The highest BCUT2D eigenvalue weighted by Crippen LogP contribution is 2.40. The average molecular weight is 422 g/mol. The second-order valence-corrected chi connectivity index (χ2v) is 8.16. The number of hydrogen-bond acceptors (Lipinski definition) is 4. The van der Waals surface area contributed by atoms with Crippen LogP contribution in [0, 0.1) is 0 Å². The number of carbonyl (C=O) groups is 2. The molecular weight excluding hydrogens is 405 g/mol. The molecule has 2 nitrogen and oxygen atoms in total. The molecule has 0 amide bonds. The number of halogens is 3. The summed E-state index contributed by atoms with van der Waals surface area (Å²) in [5, 5.41) is -0.586. The molecule has 0 saturated carbocycles. The second kappa shape index (κ2) is 8.84. The summed E-state index contributed by atoms with van der Waals surface area (Å²) in [6.45, 7) is 10.2. The van der Waals surface area contributed by atoms with Crippen LogP contribution in [0.5, 0.6) is 0 Å². The van der Waals surface area contributed by atoms with Crippen LogP contribution in [0.2, 0.25) is 0 Å². The fourth-order valence-corrected chi connectivity index (χ4v) is 3.53. The summed E-state index contributed by atoms with van der Waals surface area (Å²) in [5.74, 6) is 0. The highest BCUT2D eigenvalue weighted by Gasteiger charge is 2.34. The highest BCUT2D eigenvalue weighted by atomic mass is 32.2. The number of hydrogen-bond donors (Lipinski definition) is 0. The topological polar surface area (TPSA) is 34.1 Å². The quantitative estimate of drug-likeness (QED) is 0.394. The monoisotopic (exact) mass is 422 g/mol. The molecule has 0 aliphatic rings. The summed E-state index contributed by atoms with van der Waals surface area (Å²) in [5.41, 5.74) is 0.195. The van der Waals surface area contributed by atoms with Crippen molar-refractivity contribution in [1.29, 1.82) is 0 Å². The zero-order valence-corrected chi connectivity index (χ0v) is 16.9. The molecule has 0 heterocycles. The van der Waals surface area contributed by atoms with Crippen LogP contribution in [0.4, 0.5) is 13.2 Å². The van der Waals surface area contributed by atoms with Gasteiger partial charge in [0.05, 0.1) is 5.56 Å². The van der Waals surface area contributed by atoms with E-state index in [1.165, 1.54) is 31.2 Å². The minimum absolute atomic E-state index is 0.00222. The van der Waals surface area contributed by atoms with Gasteiger partial charge in [-0.3, -0.25) is 9.59 Å². The van der Waals surface area contributed by atoms with Crippen LogP contribution in [0.15, 0.2) is 76.6 Å². The number of rotatable bonds is 5. The lowest BCUT2D eigenvalue weighted by Gasteiger charge is -2.15. The standard InChI is InChI=1S/C21H17F3O2S2/c1-12(2)19(25)27-15-7-5-14(6-8-15)17-10-9-16(28-20(26)13(3)4)11-18(17)21(22,23)24/h5-11H,1,3H2,2,4H3. The van der Waals surface area contributed by atoms with Crippen LogP contribution < -0.4 is 0 Å². The van der Waals surface area contributed by atoms with Crippen LogP contribution in [0.25, 0.3) is 11.1 Å². The van der Waals surface area contributed by atoms with Gasteiger partial charge in [0.2, 0.25) is 10.2 Å². The van der Waals surface area contributed by atoms with Gasteiger partial charge in [0, 0.05) is 9.79 Å². The first-order valence-electron chi connectivity index (χ1n) is 8.06. The molecule has 0 atom stereocenters. The van der Waals surface area contributed by atoms with E-state index >= 15 is 0 Å². The van der Waals surface area contributed by atoms with Crippen LogP contribution in [-0.2, 0) is 15.8 Å². The van der Waals surface area contributed by atoms with E-state index in [4.69, 9.17) is 0 Å². The van der Waals surface area contributed by atoms with Gasteiger partial charge in [0.25, 0.3) is 0 Å². The molecule has 0 aromatic heterocycles. The third kappa shape index (κ3) is 5.62. The Hall–Kier alpha value is -2.25. The average Bonchev–Trinajstić information content (AvgIpc) is 2.61. The van der Waals surface area contributed by atoms with Gasteiger partial charge < -0.3 is 0 Å². The van der Waals surface area contributed by atoms with E-state index in [9.17, 15) is 22.8 Å². The van der Waals surface area contributed by atoms with Gasteiger partial charge in [0.1, 0.15) is 0 Å². The zero-order valence-electron chi connectivity index (χ0n) is 15.2. The molecular formula is C21H17F3O2S2. The van der Waals surface area contributed by atoms with Crippen molar-refractivity contribution in [3.05, 3.63) is 72.3 Å². The van der Waals surface area contributed by atoms with Crippen molar-refractivity contribution in [3.8, 4) is 11.1 Å². The lowest BCUT2D eigenvalue weighted by molar-refractivity contribution is -0.137. The Morgan fingerprint density at radius 3 is 1.75 bits per heavy atom. The molecule has 7 heteroatoms. The minimum atomic E-state index is -4.58. The lowest BCUT2D eigenvalue weighted by Crippen LogP contribution is -2.07. The predicted molar refractivity (Wildman–Crippen MR) is 108 cm³/mol. The fourth-order valence-electron chi connectivity index (χ4n) is 2.16. The van der Waals surface area contributed by atoms with Crippen LogP contribution in [-0.4, -0.2) is 10.2 Å². The molecule has 2 aromatic carbocycles. The molecule has 0 aliphatic carbocycles. The summed E-state index contributed by atoms with van der Waals surface area (Å²) in [6, 6.07) is 10.0. The number of thioether (sulfide) groups is 2. The van der Waals surface area contributed by atoms with Crippen molar-refractivity contribution in [2.45, 2.75) is 29.8 Å². The molecule has 0 unspecified atom stereocenters. The molecule has 0 bridgehead atoms.